The second kappa shape index (κ2) is 6.05. The number of hydrogen-bond acceptors (Lipinski definition) is 2. The van der Waals surface area contributed by atoms with Crippen LogP contribution in [0.2, 0.25) is 0 Å². The lowest BCUT2D eigenvalue weighted by Crippen LogP contribution is -1.96. The second-order valence-electron chi connectivity index (χ2n) is 3.44. The number of methoxy groups -OCH3 is 1. The van der Waals surface area contributed by atoms with Crippen molar-refractivity contribution >= 4 is 11.9 Å². The van der Waals surface area contributed by atoms with E-state index < -0.39 is 11.6 Å². The van der Waals surface area contributed by atoms with Gasteiger partial charge < -0.3 is 4.74 Å². The third-order valence-electron chi connectivity index (χ3n) is 2.15. The van der Waals surface area contributed by atoms with Crippen molar-refractivity contribution in [2.45, 2.75) is 19.8 Å². The summed E-state index contributed by atoms with van der Waals surface area (Å²) in [5.74, 6) is -0.428. The summed E-state index contributed by atoms with van der Waals surface area (Å²) >= 11 is 0. The first-order chi connectivity index (χ1) is 7.67. The van der Waals surface area contributed by atoms with Crippen molar-refractivity contribution in [1.29, 1.82) is 0 Å². The summed E-state index contributed by atoms with van der Waals surface area (Å²) in [5, 5.41) is 0. The molecule has 1 aromatic carbocycles. The Kier molecular flexibility index (Phi) is 4.70. The normalized spacial score (nSPS) is 11.3. The van der Waals surface area contributed by atoms with Gasteiger partial charge in [-0.05, 0) is 30.2 Å². The summed E-state index contributed by atoms with van der Waals surface area (Å²) in [6, 6.07) is 6.86. The number of ether oxygens (including phenoxy) is 1. The molecule has 0 saturated carbocycles. The molecule has 16 heavy (non-hydrogen) atoms. The highest BCUT2D eigenvalue weighted by Gasteiger charge is 2.06. The summed E-state index contributed by atoms with van der Waals surface area (Å²) in [4.78, 5) is 11.2. The Labute approximate surface area is 94.7 Å². The fourth-order valence-corrected chi connectivity index (χ4v) is 1.27. The lowest BCUT2D eigenvalue weighted by Gasteiger charge is -2.00. The number of rotatable bonds is 5. The van der Waals surface area contributed by atoms with E-state index in [1.807, 2.05) is 6.92 Å². The molecule has 0 heterocycles. The molecule has 0 saturated heterocycles. The van der Waals surface area contributed by atoms with Crippen molar-refractivity contribution in [2.24, 2.45) is 0 Å². The number of ketones is 1. The Bertz CT molecular complexity index is 379. The fraction of sp³-hybridized carbons (Fsp3) is 0.308. The van der Waals surface area contributed by atoms with E-state index in [1.54, 1.807) is 31.4 Å². The average molecular weight is 222 g/mol. The maximum atomic E-state index is 13.3. The van der Waals surface area contributed by atoms with Gasteiger partial charge in [0.1, 0.15) is 5.75 Å². The SMILES string of the molecule is CCCC(=O)/C(F)=C/c1ccc(OC)cc1. The molecule has 3 heteroatoms. The first-order valence-electron chi connectivity index (χ1n) is 5.21. The smallest absolute Gasteiger partial charge is 0.191 e. The Morgan fingerprint density at radius 1 is 1.38 bits per heavy atom. The van der Waals surface area contributed by atoms with Gasteiger partial charge in [0.05, 0.1) is 7.11 Å². The number of hydrogen-bond donors (Lipinski definition) is 0. The zero-order chi connectivity index (χ0) is 12.0. The van der Waals surface area contributed by atoms with Gasteiger partial charge in [0.15, 0.2) is 11.6 Å². The highest BCUT2D eigenvalue weighted by molar-refractivity contribution is 5.97. The minimum atomic E-state index is -0.688. The zero-order valence-corrected chi connectivity index (χ0v) is 9.50. The number of carbonyl (C=O) groups excluding carboxylic acids is 1. The van der Waals surface area contributed by atoms with Crippen molar-refractivity contribution in [1.82, 2.24) is 0 Å². The molecule has 0 spiro atoms. The molecule has 1 rings (SSSR count). The quantitative estimate of drug-likeness (QED) is 0.714. The largest absolute Gasteiger partial charge is 0.497 e. The van der Waals surface area contributed by atoms with E-state index in [0.717, 1.165) is 0 Å². The van der Waals surface area contributed by atoms with Crippen LogP contribution in [-0.2, 0) is 4.79 Å². The van der Waals surface area contributed by atoms with Crippen molar-refractivity contribution in [3.63, 3.8) is 0 Å². The molecule has 0 aliphatic heterocycles. The molecule has 0 aromatic heterocycles. The number of allylic oxidation sites excluding steroid dienone is 1. The average Bonchev–Trinajstić information content (AvgIpc) is 2.30. The summed E-state index contributed by atoms with van der Waals surface area (Å²) in [6.45, 7) is 1.85. The molecule has 0 aliphatic rings. The van der Waals surface area contributed by atoms with E-state index >= 15 is 0 Å². The van der Waals surface area contributed by atoms with Crippen LogP contribution in [0.25, 0.3) is 6.08 Å². The summed E-state index contributed by atoms with van der Waals surface area (Å²) < 4.78 is 18.3. The standard InChI is InChI=1S/C13H15FO2/c1-3-4-13(15)12(14)9-10-5-7-11(16-2)8-6-10/h5-9H,3-4H2,1-2H3/b12-9-. The van der Waals surface area contributed by atoms with Gasteiger partial charge in [0.2, 0.25) is 0 Å². The summed E-state index contributed by atoms with van der Waals surface area (Å²) in [5.41, 5.74) is 0.655. The Hall–Kier alpha value is -1.64. The van der Waals surface area contributed by atoms with Crippen molar-refractivity contribution in [3.8, 4) is 5.75 Å². The maximum absolute atomic E-state index is 13.3. The van der Waals surface area contributed by atoms with Crippen LogP contribution in [0.3, 0.4) is 0 Å². The van der Waals surface area contributed by atoms with E-state index in [-0.39, 0.29) is 6.42 Å². The van der Waals surface area contributed by atoms with Crippen molar-refractivity contribution in [2.75, 3.05) is 7.11 Å². The molecule has 0 unspecified atom stereocenters. The van der Waals surface area contributed by atoms with Crippen LogP contribution in [-0.4, -0.2) is 12.9 Å². The highest BCUT2D eigenvalue weighted by Crippen LogP contribution is 2.15. The number of halogens is 1. The Balaban J connectivity index is 2.77. The van der Waals surface area contributed by atoms with Crippen LogP contribution in [0.15, 0.2) is 30.1 Å². The third kappa shape index (κ3) is 3.50. The molecule has 0 aliphatic carbocycles. The topological polar surface area (TPSA) is 26.3 Å². The van der Waals surface area contributed by atoms with Gasteiger partial charge in [0, 0.05) is 6.42 Å². The van der Waals surface area contributed by atoms with Gasteiger partial charge in [-0.3, -0.25) is 4.79 Å². The zero-order valence-electron chi connectivity index (χ0n) is 9.50. The van der Waals surface area contributed by atoms with E-state index in [0.29, 0.717) is 17.7 Å². The fourth-order valence-electron chi connectivity index (χ4n) is 1.27. The predicted octanol–water partition coefficient (Wildman–Crippen LogP) is 3.37. The first-order valence-corrected chi connectivity index (χ1v) is 5.21. The van der Waals surface area contributed by atoms with Crippen LogP contribution in [0.1, 0.15) is 25.3 Å². The lowest BCUT2D eigenvalue weighted by atomic mass is 10.1. The van der Waals surface area contributed by atoms with E-state index in [9.17, 15) is 9.18 Å². The second-order valence-corrected chi connectivity index (χ2v) is 3.44. The van der Waals surface area contributed by atoms with E-state index in [1.165, 1.54) is 6.08 Å². The molecular weight excluding hydrogens is 207 g/mol. The number of benzene rings is 1. The molecule has 0 amide bonds. The van der Waals surface area contributed by atoms with Crippen molar-refractivity contribution in [3.05, 3.63) is 35.7 Å². The van der Waals surface area contributed by atoms with E-state index in [2.05, 4.69) is 0 Å². The molecular formula is C13H15FO2. The molecule has 0 N–H and O–H groups in total. The predicted molar refractivity (Wildman–Crippen MR) is 62.0 cm³/mol. The van der Waals surface area contributed by atoms with Gasteiger partial charge in [-0.15, -0.1) is 0 Å². The van der Waals surface area contributed by atoms with Gasteiger partial charge in [-0.1, -0.05) is 19.1 Å². The minimum Gasteiger partial charge on any atom is -0.497 e. The van der Waals surface area contributed by atoms with Crippen molar-refractivity contribution < 1.29 is 13.9 Å². The molecule has 0 atom stereocenters. The Morgan fingerprint density at radius 2 is 2.00 bits per heavy atom. The summed E-state index contributed by atoms with van der Waals surface area (Å²) in [7, 11) is 1.57. The number of Topliss-reactive ketones (excluding diaryl/α,β-unsaturated/α-hetero) is 1. The summed E-state index contributed by atoms with van der Waals surface area (Å²) in [6.07, 6.45) is 2.15. The van der Waals surface area contributed by atoms with Crippen LogP contribution >= 0.6 is 0 Å². The molecule has 86 valence electrons. The van der Waals surface area contributed by atoms with Crippen LogP contribution in [0.5, 0.6) is 5.75 Å². The first kappa shape index (κ1) is 12.4. The van der Waals surface area contributed by atoms with Gasteiger partial charge in [-0.2, -0.15) is 0 Å². The lowest BCUT2D eigenvalue weighted by molar-refractivity contribution is -0.116. The van der Waals surface area contributed by atoms with E-state index in [4.69, 9.17) is 4.74 Å². The molecule has 1 aromatic rings. The monoisotopic (exact) mass is 222 g/mol. The van der Waals surface area contributed by atoms with Crippen LogP contribution < -0.4 is 4.74 Å². The molecule has 2 nitrogen and oxygen atoms in total. The Morgan fingerprint density at radius 3 is 2.50 bits per heavy atom. The maximum Gasteiger partial charge on any atom is 0.191 e. The molecule has 0 bridgehead atoms. The molecule has 0 fully saturated rings. The third-order valence-corrected chi connectivity index (χ3v) is 2.15. The minimum absolute atomic E-state index is 0.249. The molecule has 0 radical (unpaired) electrons. The van der Waals surface area contributed by atoms with Gasteiger partial charge in [0.25, 0.3) is 0 Å². The van der Waals surface area contributed by atoms with Crippen LogP contribution in [0.4, 0.5) is 4.39 Å². The number of carbonyl (C=O) groups is 1. The van der Waals surface area contributed by atoms with Gasteiger partial charge >= 0.3 is 0 Å². The highest BCUT2D eigenvalue weighted by atomic mass is 19.1. The van der Waals surface area contributed by atoms with Gasteiger partial charge in [-0.25, -0.2) is 4.39 Å². The van der Waals surface area contributed by atoms with Crippen LogP contribution in [0, 0.1) is 0 Å².